The maximum atomic E-state index is 7.23. The molecule has 0 aliphatic heterocycles. The van der Waals surface area contributed by atoms with Crippen LogP contribution in [0.15, 0.2) is 0 Å². The smallest absolute Gasteiger partial charge is 0.324 e. The first-order valence-corrected chi connectivity index (χ1v) is 7.60. The first kappa shape index (κ1) is 24.0. The Morgan fingerprint density at radius 3 is 0.769 bits per heavy atom. The average molecular weight is 268 g/mol. The van der Waals surface area contributed by atoms with Gasteiger partial charge >= 0.3 is 8.60 Å². The first-order valence-electron chi connectivity index (χ1n) is 3.95. The lowest BCUT2D eigenvalue weighted by atomic mass is 11.0. The largest absolute Gasteiger partial charge is 0.328 e. The van der Waals surface area contributed by atoms with Crippen molar-refractivity contribution in [3.05, 3.63) is 0 Å². The second-order valence-corrected chi connectivity index (χ2v) is 4.48. The molecule has 3 N–H and O–H groups in total. The molecule has 0 heterocycles. The molecule has 0 rings (SSSR count). The van der Waals surface area contributed by atoms with E-state index in [9.17, 15) is 0 Å². The SMILES string of the molecule is CCP.CCP.CCP.OP(O)O. The van der Waals surface area contributed by atoms with E-state index >= 15 is 0 Å². The van der Waals surface area contributed by atoms with Crippen molar-refractivity contribution in [1.29, 1.82) is 0 Å². The molecule has 0 saturated heterocycles. The molecule has 0 bridgehead atoms. The predicted octanol–water partition coefficient (Wildman–Crippen LogP) is 1.83. The van der Waals surface area contributed by atoms with Crippen LogP contribution < -0.4 is 0 Å². The Hall–Kier alpha value is 1.60. The van der Waals surface area contributed by atoms with E-state index in [-0.39, 0.29) is 0 Å². The van der Waals surface area contributed by atoms with E-state index in [1.54, 1.807) is 0 Å². The van der Waals surface area contributed by atoms with Gasteiger partial charge in [-0.2, -0.15) is 0 Å². The van der Waals surface area contributed by atoms with Crippen LogP contribution in [0.25, 0.3) is 0 Å². The zero-order valence-corrected chi connectivity index (χ0v) is 13.0. The third-order valence-electron chi connectivity index (χ3n) is 0. The summed E-state index contributed by atoms with van der Waals surface area (Å²) in [6.45, 7) is 6.26. The number of hydrogen-bond acceptors (Lipinski definition) is 3. The quantitative estimate of drug-likeness (QED) is 0.587. The molecule has 0 aliphatic rings. The maximum Gasteiger partial charge on any atom is 0.324 e. The summed E-state index contributed by atoms with van der Waals surface area (Å²) in [5.41, 5.74) is 0. The highest BCUT2D eigenvalue weighted by Gasteiger charge is 1.76. The lowest BCUT2D eigenvalue weighted by Crippen LogP contribution is -1.54. The van der Waals surface area contributed by atoms with Crippen molar-refractivity contribution in [3.63, 3.8) is 0 Å². The third kappa shape index (κ3) is 715. The lowest BCUT2D eigenvalue weighted by Gasteiger charge is -1.76. The fourth-order valence-corrected chi connectivity index (χ4v) is 0. The Bertz CT molecular complexity index is 41.4. The van der Waals surface area contributed by atoms with Gasteiger partial charge in [0.25, 0.3) is 0 Å². The second-order valence-electron chi connectivity index (χ2n) is 1.49. The fraction of sp³-hybridized carbons (Fsp3) is 1.00. The highest BCUT2D eigenvalue weighted by Crippen LogP contribution is 2.11. The minimum absolute atomic E-state index is 1.17. The van der Waals surface area contributed by atoms with Crippen LogP contribution in [0.3, 0.4) is 0 Å². The van der Waals surface area contributed by atoms with Gasteiger partial charge in [0.05, 0.1) is 0 Å². The van der Waals surface area contributed by atoms with E-state index < -0.39 is 8.60 Å². The number of rotatable bonds is 0. The number of hydrogen-bond donors (Lipinski definition) is 3. The van der Waals surface area contributed by atoms with Crippen LogP contribution in [0.4, 0.5) is 0 Å². The molecule has 0 radical (unpaired) electrons. The zero-order chi connectivity index (χ0) is 11.7. The summed E-state index contributed by atoms with van der Waals surface area (Å²) >= 11 is 0. The molecule has 7 heteroatoms. The van der Waals surface area contributed by atoms with Gasteiger partial charge < -0.3 is 14.7 Å². The topological polar surface area (TPSA) is 60.7 Å². The highest BCUT2D eigenvalue weighted by molar-refractivity contribution is 7.38. The van der Waals surface area contributed by atoms with Gasteiger partial charge in [0, 0.05) is 0 Å². The van der Waals surface area contributed by atoms with Gasteiger partial charge in [0.15, 0.2) is 0 Å². The summed E-state index contributed by atoms with van der Waals surface area (Å²) in [5, 5.41) is 0. The van der Waals surface area contributed by atoms with Crippen molar-refractivity contribution in [3.8, 4) is 0 Å². The second kappa shape index (κ2) is 37.4. The summed E-state index contributed by atoms with van der Waals surface area (Å²) < 4.78 is 0. The summed E-state index contributed by atoms with van der Waals surface area (Å²) in [4.78, 5) is 21.7. The van der Waals surface area contributed by atoms with Crippen LogP contribution in [0.1, 0.15) is 20.8 Å². The lowest BCUT2D eigenvalue weighted by molar-refractivity contribution is 0.368. The van der Waals surface area contributed by atoms with Crippen molar-refractivity contribution in [2.75, 3.05) is 18.5 Å². The molecule has 0 spiro atoms. The molecule has 3 nitrogen and oxygen atoms in total. The predicted molar refractivity (Wildman–Crippen MR) is 74.3 cm³/mol. The molecule has 3 atom stereocenters. The molecule has 0 amide bonds. The van der Waals surface area contributed by atoms with Gasteiger partial charge in [0.2, 0.25) is 0 Å². The molecular formula is C6H24O3P4. The van der Waals surface area contributed by atoms with Crippen LogP contribution >= 0.6 is 36.3 Å². The van der Waals surface area contributed by atoms with Crippen LogP contribution in [-0.2, 0) is 0 Å². The molecule has 86 valence electrons. The molecule has 0 aliphatic carbocycles. The molecule has 0 saturated carbocycles. The minimum Gasteiger partial charge on any atom is -0.328 e. The van der Waals surface area contributed by atoms with E-state index in [0.29, 0.717) is 0 Å². The van der Waals surface area contributed by atoms with Crippen molar-refractivity contribution in [2.24, 2.45) is 0 Å². The van der Waals surface area contributed by atoms with Crippen LogP contribution in [0.5, 0.6) is 0 Å². The summed E-state index contributed by atoms with van der Waals surface area (Å²) in [6, 6.07) is 0. The van der Waals surface area contributed by atoms with E-state index in [1.165, 1.54) is 18.5 Å². The first-order chi connectivity index (χ1) is 5.97. The normalized spacial score (nSPS) is 6.92. The highest BCUT2D eigenvalue weighted by atomic mass is 31.2. The van der Waals surface area contributed by atoms with Crippen molar-refractivity contribution < 1.29 is 14.7 Å². The Kier molecular flexibility index (Phi) is 69.1. The van der Waals surface area contributed by atoms with E-state index in [4.69, 9.17) is 14.7 Å². The average Bonchev–Trinajstić information content (AvgIpc) is 1.88. The van der Waals surface area contributed by atoms with Gasteiger partial charge in [-0.3, -0.25) is 0 Å². The van der Waals surface area contributed by atoms with Crippen LogP contribution in [0.2, 0.25) is 0 Å². The zero-order valence-electron chi connectivity index (χ0n) is 8.64. The van der Waals surface area contributed by atoms with E-state index in [0.717, 1.165) is 0 Å². The Morgan fingerprint density at radius 2 is 0.769 bits per heavy atom. The molecule has 0 fully saturated rings. The van der Waals surface area contributed by atoms with Gasteiger partial charge in [-0.15, -0.1) is 27.7 Å². The van der Waals surface area contributed by atoms with Crippen molar-refractivity contribution in [2.45, 2.75) is 20.8 Å². The van der Waals surface area contributed by atoms with E-state index in [1.807, 2.05) is 0 Å². The van der Waals surface area contributed by atoms with Gasteiger partial charge in [-0.1, -0.05) is 20.8 Å². The van der Waals surface area contributed by atoms with Gasteiger partial charge in [-0.25, -0.2) is 0 Å². The molecule has 0 aromatic heterocycles. The fourth-order valence-electron chi connectivity index (χ4n) is 0. The van der Waals surface area contributed by atoms with Crippen molar-refractivity contribution in [1.82, 2.24) is 0 Å². The van der Waals surface area contributed by atoms with E-state index in [2.05, 4.69) is 48.5 Å². The Labute approximate surface area is 90.7 Å². The Morgan fingerprint density at radius 1 is 0.769 bits per heavy atom. The maximum absolute atomic E-state index is 7.23. The van der Waals surface area contributed by atoms with Crippen LogP contribution in [-0.4, -0.2) is 33.2 Å². The summed E-state index contributed by atoms with van der Waals surface area (Å²) in [6.07, 6.45) is 3.50. The third-order valence-corrected chi connectivity index (χ3v) is 0. The molecule has 3 unspecified atom stereocenters. The Balaban J connectivity index is -0.0000000420. The molecule has 0 aromatic carbocycles. The summed E-state index contributed by atoms with van der Waals surface area (Å²) in [7, 11) is 5.12. The standard InChI is InChI=1S/3C2H7P.H3O3P/c3*1-2-3;1-4(2)3/h3*2-3H2,1H3;1-3H. The van der Waals surface area contributed by atoms with Crippen molar-refractivity contribution >= 4 is 36.3 Å². The monoisotopic (exact) mass is 268 g/mol. The molecule has 0 aromatic rings. The van der Waals surface area contributed by atoms with Gasteiger partial charge in [-0.05, 0) is 18.5 Å². The summed E-state index contributed by atoms with van der Waals surface area (Å²) in [5.74, 6) is 0. The molecular weight excluding hydrogens is 244 g/mol. The van der Waals surface area contributed by atoms with Gasteiger partial charge in [0.1, 0.15) is 0 Å². The molecule has 13 heavy (non-hydrogen) atoms. The minimum atomic E-state index is -2.62. The van der Waals surface area contributed by atoms with Crippen LogP contribution in [0, 0.1) is 0 Å².